The number of amides is 1. The van der Waals surface area contributed by atoms with E-state index >= 15 is 0 Å². The van der Waals surface area contributed by atoms with Crippen molar-refractivity contribution in [2.24, 2.45) is 5.92 Å². The highest BCUT2D eigenvalue weighted by molar-refractivity contribution is 6.42. The summed E-state index contributed by atoms with van der Waals surface area (Å²) in [6, 6.07) is 9.29. The van der Waals surface area contributed by atoms with Gasteiger partial charge in [0.2, 0.25) is 0 Å². The Kier molecular flexibility index (Phi) is 5.87. The SMILES string of the molecule is CC1CCN(c2ccc(C(=O)Nc3ccc(Cl)c(Cl)c3)cc2[N+](=O)[O-])CC1. The number of hydrogen-bond donors (Lipinski definition) is 1. The molecule has 0 atom stereocenters. The van der Waals surface area contributed by atoms with Crippen molar-refractivity contribution in [1.82, 2.24) is 0 Å². The van der Waals surface area contributed by atoms with Gasteiger partial charge in [0.1, 0.15) is 5.69 Å². The van der Waals surface area contributed by atoms with Crippen LogP contribution in [0.5, 0.6) is 0 Å². The summed E-state index contributed by atoms with van der Waals surface area (Å²) in [7, 11) is 0. The molecule has 0 bridgehead atoms. The van der Waals surface area contributed by atoms with Crippen LogP contribution in [0, 0.1) is 16.0 Å². The Bertz CT molecular complexity index is 880. The maximum atomic E-state index is 12.5. The van der Waals surface area contributed by atoms with Gasteiger partial charge in [0.05, 0.1) is 15.0 Å². The van der Waals surface area contributed by atoms with Gasteiger partial charge >= 0.3 is 0 Å². The summed E-state index contributed by atoms with van der Waals surface area (Å²) >= 11 is 11.8. The number of hydrogen-bond acceptors (Lipinski definition) is 4. The molecular formula is C19H19Cl2N3O3. The van der Waals surface area contributed by atoms with Gasteiger partial charge in [-0.15, -0.1) is 0 Å². The van der Waals surface area contributed by atoms with Crippen LogP contribution >= 0.6 is 23.2 Å². The first-order valence-electron chi connectivity index (χ1n) is 8.65. The van der Waals surface area contributed by atoms with Crippen LogP contribution in [0.25, 0.3) is 0 Å². The van der Waals surface area contributed by atoms with Crippen molar-refractivity contribution in [2.75, 3.05) is 23.3 Å². The normalized spacial score (nSPS) is 14.9. The van der Waals surface area contributed by atoms with Gasteiger partial charge in [0, 0.05) is 30.4 Å². The Morgan fingerprint density at radius 3 is 2.48 bits per heavy atom. The smallest absolute Gasteiger partial charge is 0.293 e. The lowest BCUT2D eigenvalue weighted by Gasteiger charge is -2.31. The quantitative estimate of drug-likeness (QED) is 0.544. The summed E-state index contributed by atoms with van der Waals surface area (Å²) in [5.41, 5.74) is 1.16. The van der Waals surface area contributed by atoms with Crippen molar-refractivity contribution in [3.05, 3.63) is 62.1 Å². The average Bonchev–Trinajstić information content (AvgIpc) is 2.65. The highest BCUT2D eigenvalue weighted by Crippen LogP contribution is 2.33. The molecule has 0 spiro atoms. The van der Waals surface area contributed by atoms with E-state index in [0.29, 0.717) is 27.3 Å². The van der Waals surface area contributed by atoms with Gasteiger partial charge in [-0.05, 0) is 49.1 Å². The molecule has 1 heterocycles. The Morgan fingerprint density at radius 1 is 1.15 bits per heavy atom. The predicted octanol–water partition coefficient (Wildman–Crippen LogP) is 5.39. The van der Waals surface area contributed by atoms with Crippen LogP contribution in [0.1, 0.15) is 30.1 Å². The van der Waals surface area contributed by atoms with Crippen LogP contribution in [0.4, 0.5) is 17.1 Å². The summed E-state index contributed by atoms with van der Waals surface area (Å²) in [5, 5.41) is 14.9. The summed E-state index contributed by atoms with van der Waals surface area (Å²) in [4.78, 5) is 25.6. The second-order valence-electron chi connectivity index (χ2n) is 6.71. The highest BCUT2D eigenvalue weighted by atomic mass is 35.5. The molecule has 1 N–H and O–H groups in total. The van der Waals surface area contributed by atoms with Crippen molar-refractivity contribution in [3.63, 3.8) is 0 Å². The molecule has 8 heteroatoms. The number of carbonyl (C=O) groups excluding carboxylic acids is 1. The van der Waals surface area contributed by atoms with E-state index in [1.807, 2.05) is 4.90 Å². The van der Waals surface area contributed by atoms with Crippen LogP contribution in [-0.2, 0) is 0 Å². The van der Waals surface area contributed by atoms with Gasteiger partial charge in [-0.2, -0.15) is 0 Å². The molecule has 2 aromatic rings. The van der Waals surface area contributed by atoms with Gasteiger partial charge < -0.3 is 10.2 Å². The molecule has 0 unspecified atom stereocenters. The minimum Gasteiger partial charge on any atom is -0.366 e. The van der Waals surface area contributed by atoms with E-state index in [-0.39, 0.29) is 11.3 Å². The number of carbonyl (C=O) groups is 1. The Labute approximate surface area is 167 Å². The fraction of sp³-hybridized carbons (Fsp3) is 0.316. The molecule has 142 valence electrons. The van der Waals surface area contributed by atoms with E-state index in [9.17, 15) is 14.9 Å². The third-order valence-electron chi connectivity index (χ3n) is 4.74. The van der Waals surface area contributed by atoms with E-state index < -0.39 is 10.8 Å². The molecule has 0 aliphatic carbocycles. The molecule has 0 radical (unpaired) electrons. The van der Waals surface area contributed by atoms with Gasteiger partial charge in [0.15, 0.2) is 0 Å². The van der Waals surface area contributed by atoms with E-state index in [2.05, 4.69) is 12.2 Å². The van der Waals surface area contributed by atoms with Crippen LogP contribution in [-0.4, -0.2) is 23.9 Å². The van der Waals surface area contributed by atoms with Crippen molar-refractivity contribution in [2.45, 2.75) is 19.8 Å². The molecule has 0 aromatic heterocycles. The fourth-order valence-electron chi connectivity index (χ4n) is 3.10. The Hall–Kier alpha value is -2.31. The molecule has 0 saturated carbocycles. The summed E-state index contributed by atoms with van der Waals surface area (Å²) < 4.78 is 0. The number of rotatable bonds is 4. The van der Waals surface area contributed by atoms with E-state index in [0.717, 1.165) is 25.9 Å². The largest absolute Gasteiger partial charge is 0.366 e. The maximum Gasteiger partial charge on any atom is 0.293 e. The maximum absolute atomic E-state index is 12.5. The Balaban J connectivity index is 1.83. The molecule has 1 aliphatic rings. The Morgan fingerprint density at radius 2 is 1.85 bits per heavy atom. The van der Waals surface area contributed by atoms with Crippen molar-refractivity contribution in [1.29, 1.82) is 0 Å². The number of halogens is 2. The number of nitro groups is 1. The minimum absolute atomic E-state index is 0.0636. The first-order valence-corrected chi connectivity index (χ1v) is 9.40. The van der Waals surface area contributed by atoms with Crippen LogP contribution in [0.15, 0.2) is 36.4 Å². The predicted molar refractivity (Wildman–Crippen MR) is 108 cm³/mol. The van der Waals surface area contributed by atoms with Gasteiger partial charge in [-0.25, -0.2) is 0 Å². The molecule has 1 amide bonds. The average molecular weight is 408 g/mol. The fourth-order valence-corrected chi connectivity index (χ4v) is 3.40. The summed E-state index contributed by atoms with van der Waals surface area (Å²) in [5.74, 6) is 0.173. The van der Waals surface area contributed by atoms with Gasteiger partial charge in [-0.3, -0.25) is 14.9 Å². The minimum atomic E-state index is -0.449. The van der Waals surface area contributed by atoms with E-state index in [1.165, 1.54) is 12.1 Å². The number of nitrogens with one attached hydrogen (secondary N) is 1. The second-order valence-corrected chi connectivity index (χ2v) is 7.53. The molecule has 2 aromatic carbocycles. The topological polar surface area (TPSA) is 75.5 Å². The molecule has 27 heavy (non-hydrogen) atoms. The molecule has 6 nitrogen and oxygen atoms in total. The highest BCUT2D eigenvalue weighted by Gasteiger charge is 2.24. The third kappa shape index (κ3) is 4.51. The molecule has 1 aliphatic heterocycles. The molecule has 1 saturated heterocycles. The first kappa shape index (κ1) is 19.5. The lowest BCUT2D eigenvalue weighted by Crippen LogP contribution is -2.33. The standard InChI is InChI=1S/C19H19Cl2N3O3/c1-12-6-8-23(9-7-12)17-5-2-13(10-18(17)24(26)27)19(25)22-14-3-4-15(20)16(21)11-14/h2-5,10-12H,6-9H2,1H3,(H,22,25). The van der Waals surface area contributed by atoms with Crippen LogP contribution < -0.4 is 10.2 Å². The monoisotopic (exact) mass is 407 g/mol. The third-order valence-corrected chi connectivity index (χ3v) is 5.48. The van der Waals surface area contributed by atoms with E-state index in [4.69, 9.17) is 23.2 Å². The van der Waals surface area contributed by atoms with E-state index in [1.54, 1.807) is 24.3 Å². The lowest BCUT2D eigenvalue weighted by atomic mass is 9.98. The van der Waals surface area contributed by atoms with Gasteiger partial charge in [-0.1, -0.05) is 30.1 Å². The zero-order valence-electron chi connectivity index (χ0n) is 14.7. The van der Waals surface area contributed by atoms with Crippen molar-refractivity contribution < 1.29 is 9.72 Å². The number of nitrogens with zero attached hydrogens (tertiary/aromatic N) is 2. The number of benzene rings is 2. The van der Waals surface area contributed by atoms with Crippen molar-refractivity contribution in [3.8, 4) is 0 Å². The second kappa shape index (κ2) is 8.15. The van der Waals surface area contributed by atoms with Gasteiger partial charge in [0.25, 0.3) is 11.6 Å². The number of anilines is 2. The lowest BCUT2D eigenvalue weighted by molar-refractivity contribution is -0.384. The van der Waals surface area contributed by atoms with Crippen LogP contribution in [0.3, 0.4) is 0 Å². The molecular weight excluding hydrogens is 389 g/mol. The zero-order chi connectivity index (χ0) is 19.6. The summed E-state index contributed by atoms with van der Waals surface area (Å²) in [6.45, 7) is 3.73. The van der Waals surface area contributed by atoms with Crippen LogP contribution in [0.2, 0.25) is 10.0 Å². The number of nitro benzene ring substituents is 1. The molecule has 3 rings (SSSR count). The molecule has 1 fully saturated rings. The first-order chi connectivity index (χ1) is 12.8. The van der Waals surface area contributed by atoms with Crippen molar-refractivity contribution >= 4 is 46.2 Å². The zero-order valence-corrected chi connectivity index (χ0v) is 16.3. The number of piperidine rings is 1. The summed E-state index contributed by atoms with van der Waals surface area (Å²) in [6.07, 6.45) is 1.99.